The molecule has 0 radical (unpaired) electrons. The maximum atomic E-state index is 2.43. The van der Waals surface area contributed by atoms with E-state index in [1.807, 2.05) is 0 Å². The molecule has 4 unspecified atom stereocenters. The van der Waals surface area contributed by atoms with E-state index in [4.69, 9.17) is 0 Å². The van der Waals surface area contributed by atoms with Gasteiger partial charge < -0.3 is 0 Å². The van der Waals surface area contributed by atoms with E-state index in [1.54, 1.807) is 11.1 Å². The summed E-state index contributed by atoms with van der Waals surface area (Å²) in [6.07, 6.45) is 21.2. The number of rotatable bonds is 3. The van der Waals surface area contributed by atoms with Gasteiger partial charge in [0.05, 0.1) is 0 Å². The summed E-state index contributed by atoms with van der Waals surface area (Å²) in [6.45, 7) is 4.71. The number of allylic oxidation sites excluding steroid dienone is 12. The third kappa shape index (κ3) is 4.26. The van der Waals surface area contributed by atoms with Crippen LogP contribution >= 0.6 is 0 Å². The first-order chi connectivity index (χ1) is 25.0. The molecule has 0 heterocycles. The van der Waals surface area contributed by atoms with Gasteiger partial charge in [-0.1, -0.05) is 165 Å². The zero-order valence-corrected chi connectivity index (χ0v) is 29.0. The van der Waals surface area contributed by atoms with Gasteiger partial charge in [0.1, 0.15) is 0 Å². The average molecular weight is 651 g/mol. The van der Waals surface area contributed by atoms with Crippen LogP contribution in [0.1, 0.15) is 30.5 Å². The third-order valence-corrected chi connectivity index (χ3v) is 12.7. The highest BCUT2D eigenvalue weighted by atomic mass is 14.5. The highest BCUT2D eigenvalue weighted by Crippen LogP contribution is 2.57. The van der Waals surface area contributed by atoms with E-state index in [2.05, 4.69) is 184 Å². The molecule has 0 nitrogen and oxygen atoms in total. The van der Waals surface area contributed by atoms with Gasteiger partial charge in [0.25, 0.3) is 0 Å². The predicted octanol–water partition coefficient (Wildman–Crippen LogP) is 13.1. The molecule has 242 valence electrons. The predicted molar refractivity (Wildman–Crippen MR) is 215 cm³/mol. The van der Waals surface area contributed by atoms with Crippen molar-refractivity contribution in [3.63, 3.8) is 0 Å². The van der Waals surface area contributed by atoms with E-state index >= 15 is 0 Å². The molecule has 11 rings (SSSR count). The maximum absolute atomic E-state index is 2.43. The van der Waals surface area contributed by atoms with Crippen LogP contribution in [0.3, 0.4) is 0 Å². The van der Waals surface area contributed by atoms with Gasteiger partial charge in [-0.3, -0.25) is 0 Å². The summed E-state index contributed by atoms with van der Waals surface area (Å²) in [7, 11) is 0. The number of benzene rings is 6. The zero-order valence-electron chi connectivity index (χ0n) is 29.0. The highest BCUT2D eigenvalue weighted by Gasteiger charge is 2.46. The molecule has 0 bridgehead atoms. The topological polar surface area (TPSA) is 0 Å². The fourth-order valence-electron chi connectivity index (χ4n) is 10.1. The van der Waals surface area contributed by atoms with Crippen molar-refractivity contribution in [3.05, 3.63) is 198 Å². The summed E-state index contributed by atoms with van der Waals surface area (Å²) in [5, 5.41) is 5.11. The van der Waals surface area contributed by atoms with Crippen molar-refractivity contribution in [2.24, 2.45) is 23.7 Å². The van der Waals surface area contributed by atoms with Gasteiger partial charge in [-0.15, -0.1) is 0 Å². The Kier molecular flexibility index (Phi) is 6.06. The van der Waals surface area contributed by atoms with Crippen molar-refractivity contribution in [1.82, 2.24) is 0 Å². The summed E-state index contributed by atoms with van der Waals surface area (Å²) < 4.78 is 0. The van der Waals surface area contributed by atoms with Crippen molar-refractivity contribution in [3.8, 4) is 33.4 Å². The van der Waals surface area contributed by atoms with E-state index in [9.17, 15) is 0 Å². The Morgan fingerprint density at radius 1 is 0.412 bits per heavy atom. The van der Waals surface area contributed by atoms with Crippen molar-refractivity contribution >= 4 is 27.1 Å². The molecule has 0 heteroatoms. The monoisotopic (exact) mass is 650 g/mol. The Hall–Kier alpha value is -5.72. The number of fused-ring (bicyclic) bond motifs is 8. The Morgan fingerprint density at radius 3 is 1.59 bits per heavy atom. The van der Waals surface area contributed by atoms with Crippen LogP contribution in [-0.2, 0) is 5.41 Å². The molecular weight excluding hydrogens is 613 g/mol. The Balaban J connectivity index is 0.886. The van der Waals surface area contributed by atoms with Gasteiger partial charge in [0, 0.05) is 29.1 Å². The van der Waals surface area contributed by atoms with Crippen LogP contribution in [0.5, 0.6) is 0 Å². The second-order valence-corrected chi connectivity index (χ2v) is 15.6. The molecule has 0 aliphatic heterocycles. The summed E-state index contributed by atoms with van der Waals surface area (Å²) >= 11 is 0. The van der Waals surface area contributed by atoms with Crippen LogP contribution in [0.15, 0.2) is 181 Å². The highest BCUT2D eigenvalue weighted by molar-refractivity contribution is 5.95. The van der Waals surface area contributed by atoms with E-state index in [0.717, 1.165) is 0 Å². The first kappa shape index (κ1) is 29.1. The minimum atomic E-state index is 0.00230. The van der Waals surface area contributed by atoms with Crippen LogP contribution in [0.4, 0.5) is 0 Å². The van der Waals surface area contributed by atoms with Crippen molar-refractivity contribution in [2.75, 3.05) is 0 Å². The average Bonchev–Trinajstić information content (AvgIpc) is 3.63. The van der Waals surface area contributed by atoms with Gasteiger partial charge in [0.15, 0.2) is 0 Å². The van der Waals surface area contributed by atoms with E-state index < -0.39 is 0 Å². The summed E-state index contributed by atoms with van der Waals surface area (Å²) in [5.74, 6) is 1.90. The standard InChI is InChI=1S/C51H38/c1-51(2)48-13-6-5-10-43(48)44-23-22-38(30-49(44)51)36-18-16-32-26-31(14-15-34(32)28-36)33-17-19-37-29-39(21-20-35(37)27-33)40-24-25-47-42-9-4-3-8-41(42)46-12-7-11-45(40)50(46)47/h3-30,41-42,45,50H,1-2H3. The lowest BCUT2D eigenvalue weighted by Crippen LogP contribution is -2.20. The Bertz CT molecular complexity index is 2680. The zero-order chi connectivity index (χ0) is 33.8. The molecule has 6 aromatic carbocycles. The van der Waals surface area contributed by atoms with Gasteiger partial charge in [-0.2, -0.15) is 0 Å². The molecule has 0 amide bonds. The van der Waals surface area contributed by atoms with Crippen molar-refractivity contribution < 1.29 is 0 Å². The van der Waals surface area contributed by atoms with Crippen LogP contribution in [0, 0.1) is 23.7 Å². The van der Waals surface area contributed by atoms with E-state index in [1.165, 1.54) is 77.2 Å². The minimum Gasteiger partial charge on any atom is -0.0764 e. The summed E-state index contributed by atoms with van der Waals surface area (Å²) in [6, 6.07) is 43.8. The molecule has 5 aliphatic rings. The number of hydrogen-bond donors (Lipinski definition) is 0. The maximum Gasteiger partial charge on any atom is 0.0159 e. The smallest absolute Gasteiger partial charge is 0.0159 e. The van der Waals surface area contributed by atoms with E-state index in [-0.39, 0.29) is 5.41 Å². The quantitative estimate of drug-likeness (QED) is 0.179. The Morgan fingerprint density at radius 2 is 0.922 bits per heavy atom. The second kappa shape index (κ2) is 10.6. The SMILES string of the molecule is CC1(C)c2ccccc2-c2ccc(-c3ccc4cc(-c5ccc6cc(C7=CC=C8C9C=CC=CC9C9=CC=CC7C98)ccc6c5)ccc4c3)cc21. The molecule has 0 N–H and O–H groups in total. The lowest BCUT2D eigenvalue weighted by molar-refractivity contribution is 0.623. The van der Waals surface area contributed by atoms with E-state index in [0.29, 0.717) is 23.7 Å². The molecule has 1 saturated carbocycles. The van der Waals surface area contributed by atoms with Crippen LogP contribution in [0.2, 0.25) is 0 Å². The van der Waals surface area contributed by atoms with Gasteiger partial charge in [0.2, 0.25) is 0 Å². The van der Waals surface area contributed by atoms with Crippen molar-refractivity contribution in [1.29, 1.82) is 0 Å². The molecule has 4 atom stereocenters. The third-order valence-electron chi connectivity index (χ3n) is 12.7. The first-order valence-electron chi connectivity index (χ1n) is 18.5. The lowest BCUT2D eigenvalue weighted by Gasteiger charge is -2.32. The molecule has 0 aromatic heterocycles. The lowest BCUT2D eigenvalue weighted by atomic mass is 9.72. The van der Waals surface area contributed by atoms with Gasteiger partial charge in [-0.25, -0.2) is 0 Å². The summed E-state index contributed by atoms with van der Waals surface area (Å²) in [4.78, 5) is 0. The van der Waals surface area contributed by atoms with Gasteiger partial charge >= 0.3 is 0 Å². The fraction of sp³-hybridized carbons (Fsp3) is 0.137. The molecule has 1 fully saturated rings. The molecule has 0 saturated heterocycles. The first-order valence-corrected chi connectivity index (χ1v) is 18.5. The minimum absolute atomic E-state index is 0.00230. The molecule has 51 heavy (non-hydrogen) atoms. The largest absolute Gasteiger partial charge is 0.0764 e. The molecule has 6 aromatic rings. The number of hydrogen-bond acceptors (Lipinski definition) is 0. The van der Waals surface area contributed by atoms with Crippen LogP contribution in [0.25, 0.3) is 60.5 Å². The summed E-state index contributed by atoms with van der Waals surface area (Å²) in [5.41, 5.74) is 16.6. The van der Waals surface area contributed by atoms with Crippen LogP contribution in [-0.4, -0.2) is 0 Å². The fourth-order valence-corrected chi connectivity index (χ4v) is 10.1. The van der Waals surface area contributed by atoms with Gasteiger partial charge in [-0.05, 0) is 108 Å². The Labute approximate surface area is 300 Å². The molecular formula is C51H38. The second-order valence-electron chi connectivity index (χ2n) is 15.6. The normalized spacial score (nSPS) is 23.0. The molecule has 0 spiro atoms. The van der Waals surface area contributed by atoms with Crippen LogP contribution < -0.4 is 0 Å². The molecule has 5 aliphatic carbocycles. The van der Waals surface area contributed by atoms with Crippen molar-refractivity contribution in [2.45, 2.75) is 19.3 Å².